The molecule has 2 heterocycles. The lowest BCUT2D eigenvalue weighted by atomic mass is 10.1. The highest BCUT2D eigenvalue weighted by Gasteiger charge is 2.29. The van der Waals surface area contributed by atoms with Crippen LogP contribution in [0.5, 0.6) is 0 Å². The third-order valence-corrected chi connectivity index (χ3v) is 5.16. The van der Waals surface area contributed by atoms with Gasteiger partial charge in [0.2, 0.25) is 0 Å². The number of anilines is 1. The van der Waals surface area contributed by atoms with Crippen LogP contribution >= 0.6 is 11.8 Å². The van der Waals surface area contributed by atoms with Crippen molar-refractivity contribution >= 4 is 17.6 Å². The van der Waals surface area contributed by atoms with Crippen LogP contribution in [-0.2, 0) is 13.6 Å². The Bertz CT molecular complexity index is 415. The summed E-state index contributed by atoms with van der Waals surface area (Å²) in [5, 5.41) is 8.53. The third-order valence-electron chi connectivity index (χ3n) is 3.82. The highest BCUT2D eigenvalue weighted by atomic mass is 32.2. The van der Waals surface area contributed by atoms with Gasteiger partial charge in [-0.25, -0.2) is 0 Å². The van der Waals surface area contributed by atoms with Gasteiger partial charge in [0.15, 0.2) is 0 Å². The molecule has 1 saturated heterocycles. The molecule has 1 N–H and O–H groups in total. The van der Waals surface area contributed by atoms with Crippen molar-refractivity contribution < 1.29 is 0 Å². The lowest BCUT2D eigenvalue weighted by molar-refractivity contribution is 0.594. The van der Waals surface area contributed by atoms with Crippen LogP contribution in [0.1, 0.15) is 25.1 Å². The molecule has 1 aromatic rings. The van der Waals surface area contributed by atoms with E-state index in [0.717, 1.165) is 18.8 Å². The first-order valence-corrected chi connectivity index (χ1v) is 7.66. The Morgan fingerprint density at radius 2 is 2.17 bits per heavy atom. The summed E-state index contributed by atoms with van der Waals surface area (Å²) in [6, 6.07) is 0.564. The Balaban J connectivity index is 2.36. The lowest BCUT2D eigenvalue weighted by Crippen LogP contribution is -2.46. The van der Waals surface area contributed by atoms with Gasteiger partial charge in [-0.1, -0.05) is 6.92 Å². The normalized spacial score (nSPS) is 24.6. The minimum absolute atomic E-state index is 0.564. The van der Waals surface area contributed by atoms with E-state index in [0.29, 0.717) is 11.3 Å². The van der Waals surface area contributed by atoms with Crippen molar-refractivity contribution in [3.8, 4) is 0 Å². The zero-order valence-electron chi connectivity index (χ0n) is 12.0. The average molecular weight is 268 g/mol. The summed E-state index contributed by atoms with van der Waals surface area (Å²) in [4.78, 5) is 2.52. The minimum Gasteiger partial charge on any atom is -0.352 e. The van der Waals surface area contributed by atoms with E-state index < -0.39 is 0 Å². The first kappa shape index (κ1) is 13.7. The third kappa shape index (κ3) is 2.38. The van der Waals surface area contributed by atoms with Crippen LogP contribution in [0.15, 0.2) is 0 Å². The first-order chi connectivity index (χ1) is 8.56. The molecule has 102 valence electrons. The van der Waals surface area contributed by atoms with E-state index in [1.807, 2.05) is 11.7 Å². The van der Waals surface area contributed by atoms with Crippen LogP contribution in [0.2, 0.25) is 0 Å². The molecule has 0 spiro atoms. The summed E-state index contributed by atoms with van der Waals surface area (Å²) < 4.78 is 2.04. The molecular weight excluding hydrogens is 244 g/mol. The maximum atomic E-state index is 4.59. The maximum Gasteiger partial charge on any atom is 0.131 e. The van der Waals surface area contributed by atoms with Gasteiger partial charge in [0.1, 0.15) is 5.82 Å². The number of rotatable bonds is 3. The van der Waals surface area contributed by atoms with E-state index in [-0.39, 0.29) is 0 Å². The van der Waals surface area contributed by atoms with Gasteiger partial charge in [-0.15, -0.1) is 0 Å². The summed E-state index contributed by atoms with van der Waals surface area (Å²) >= 11 is 2.07. The Morgan fingerprint density at radius 1 is 1.44 bits per heavy atom. The molecule has 2 atom stereocenters. The van der Waals surface area contributed by atoms with Crippen molar-refractivity contribution in [1.82, 2.24) is 15.1 Å². The SMILES string of the molecule is CNCc1c(C)nn(C)c1N1CCSC(C)C1C. The number of hydrogen-bond donors (Lipinski definition) is 1. The number of aromatic nitrogens is 2. The van der Waals surface area contributed by atoms with E-state index in [2.05, 4.69) is 54.9 Å². The van der Waals surface area contributed by atoms with Gasteiger partial charge in [0, 0.05) is 42.7 Å². The van der Waals surface area contributed by atoms with E-state index in [9.17, 15) is 0 Å². The lowest BCUT2D eigenvalue weighted by Gasteiger charge is -2.39. The zero-order valence-corrected chi connectivity index (χ0v) is 12.8. The minimum atomic E-state index is 0.564. The second-order valence-corrected chi connectivity index (χ2v) is 6.54. The molecule has 0 aliphatic carbocycles. The number of nitrogens with one attached hydrogen (secondary N) is 1. The van der Waals surface area contributed by atoms with Crippen molar-refractivity contribution in [1.29, 1.82) is 0 Å². The van der Waals surface area contributed by atoms with Crippen molar-refractivity contribution in [2.75, 3.05) is 24.2 Å². The molecule has 1 aliphatic rings. The monoisotopic (exact) mass is 268 g/mol. The second-order valence-electron chi connectivity index (χ2n) is 5.05. The van der Waals surface area contributed by atoms with Gasteiger partial charge in [-0.2, -0.15) is 16.9 Å². The number of hydrogen-bond acceptors (Lipinski definition) is 4. The summed E-state index contributed by atoms with van der Waals surface area (Å²) in [6.07, 6.45) is 0. The largest absolute Gasteiger partial charge is 0.352 e. The average Bonchev–Trinajstić information content (AvgIpc) is 2.59. The molecule has 2 unspecified atom stereocenters. The Hall–Kier alpha value is -0.680. The van der Waals surface area contributed by atoms with Gasteiger partial charge in [0.05, 0.1) is 5.69 Å². The number of nitrogens with zero attached hydrogens (tertiary/aromatic N) is 3. The van der Waals surface area contributed by atoms with Gasteiger partial charge >= 0.3 is 0 Å². The van der Waals surface area contributed by atoms with Crippen molar-refractivity contribution in [3.05, 3.63) is 11.3 Å². The molecular formula is C13H24N4S. The van der Waals surface area contributed by atoms with E-state index in [4.69, 9.17) is 0 Å². The van der Waals surface area contributed by atoms with Crippen molar-refractivity contribution in [2.24, 2.45) is 7.05 Å². The summed E-state index contributed by atoms with van der Waals surface area (Å²) in [5.41, 5.74) is 2.48. The van der Waals surface area contributed by atoms with Gasteiger partial charge in [-0.05, 0) is 20.9 Å². The predicted molar refractivity (Wildman–Crippen MR) is 79.4 cm³/mol. The molecule has 2 rings (SSSR count). The van der Waals surface area contributed by atoms with Crippen molar-refractivity contribution in [2.45, 2.75) is 38.6 Å². The van der Waals surface area contributed by atoms with Gasteiger partial charge in [0.25, 0.3) is 0 Å². The summed E-state index contributed by atoms with van der Waals surface area (Å²) in [7, 11) is 4.05. The van der Waals surface area contributed by atoms with E-state index >= 15 is 0 Å². The molecule has 0 aromatic carbocycles. The molecule has 0 bridgehead atoms. The smallest absolute Gasteiger partial charge is 0.131 e. The fourth-order valence-electron chi connectivity index (χ4n) is 2.66. The first-order valence-electron chi connectivity index (χ1n) is 6.61. The molecule has 18 heavy (non-hydrogen) atoms. The van der Waals surface area contributed by atoms with E-state index in [1.165, 1.54) is 17.1 Å². The van der Waals surface area contributed by atoms with Gasteiger partial charge in [-0.3, -0.25) is 4.68 Å². The van der Waals surface area contributed by atoms with Crippen LogP contribution in [0.3, 0.4) is 0 Å². The fourth-order valence-corrected chi connectivity index (χ4v) is 3.76. The van der Waals surface area contributed by atoms with Crippen LogP contribution < -0.4 is 10.2 Å². The zero-order chi connectivity index (χ0) is 13.3. The van der Waals surface area contributed by atoms with Crippen LogP contribution in [0.25, 0.3) is 0 Å². The van der Waals surface area contributed by atoms with Crippen molar-refractivity contribution in [3.63, 3.8) is 0 Å². The van der Waals surface area contributed by atoms with Crippen LogP contribution in [0, 0.1) is 6.92 Å². The molecule has 1 aliphatic heterocycles. The molecule has 1 fully saturated rings. The van der Waals surface area contributed by atoms with E-state index in [1.54, 1.807) is 0 Å². The number of thioether (sulfide) groups is 1. The Labute approximate surface area is 114 Å². The van der Waals surface area contributed by atoms with Gasteiger partial charge < -0.3 is 10.2 Å². The highest BCUT2D eigenvalue weighted by molar-refractivity contribution is 8.00. The predicted octanol–water partition coefficient (Wildman–Crippen LogP) is 1.78. The quantitative estimate of drug-likeness (QED) is 0.906. The second kappa shape index (κ2) is 5.53. The molecule has 4 nitrogen and oxygen atoms in total. The summed E-state index contributed by atoms with van der Waals surface area (Å²) in [6.45, 7) is 8.75. The molecule has 5 heteroatoms. The number of aryl methyl sites for hydroxylation is 2. The van der Waals surface area contributed by atoms with Crippen LogP contribution in [-0.4, -0.2) is 40.4 Å². The molecule has 1 aromatic heterocycles. The summed E-state index contributed by atoms with van der Waals surface area (Å²) in [5.74, 6) is 2.50. The Kier molecular flexibility index (Phi) is 4.22. The maximum absolute atomic E-state index is 4.59. The Morgan fingerprint density at radius 3 is 2.83 bits per heavy atom. The fraction of sp³-hybridized carbons (Fsp3) is 0.769. The molecule has 0 saturated carbocycles. The topological polar surface area (TPSA) is 33.1 Å². The van der Waals surface area contributed by atoms with Crippen LogP contribution in [0.4, 0.5) is 5.82 Å². The highest BCUT2D eigenvalue weighted by Crippen LogP contribution is 2.32. The molecule has 0 radical (unpaired) electrons. The standard InChI is InChI=1S/C13H24N4S/c1-9-12(8-14-4)13(16(5)15-9)17-6-7-18-11(3)10(17)2/h10-11,14H,6-8H2,1-5H3. The molecule has 0 amide bonds.